The molecule has 4 heterocycles. The minimum atomic E-state index is 0. The van der Waals surface area contributed by atoms with E-state index in [-0.39, 0.29) is 12.4 Å². The number of hydrogen-bond donors (Lipinski definition) is 4. The second-order valence-electron chi connectivity index (χ2n) is 7.85. The molecule has 3 aromatic heterocycles. The van der Waals surface area contributed by atoms with E-state index < -0.39 is 0 Å². The third-order valence-electron chi connectivity index (χ3n) is 5.57. The summed E-state index contributed by atoms with van der Waals surface area (Å²) < 4.78 is 0. The zero-order valence-corrected chi connectivity index (χ0v) is 19.5. The lowest BCUT2D eigenvalue weighted by atomic mass is 9.98. The topological polar surface area (TPSA) is 116 Å². The van der Waals surface area contributed by atoms with Crippen LogP contribution in [-0.2, 0) is 6.54 Å². The van der Waals surface area contributed by atoms with Gasteiger partial charge in [0.15, 0.2) is 5.65 Å². The number of benzene rings is 1. The summed E-state index contributed by atoms with van der Waals surface area (Å²) in [5, 5.41) is 18.9. The molecule has 1 fully saturated rings. The molecule has 0 amide bonds. The first-order valence-electron chi connectivity index (χ1n) is 10.7. The predicted octanol–water partition coefficient (Wildman–Crippen LogP) is 3.91. The minimum Gasteiger partial charge on any atom is -0.354 e. The molecule has 0 aliphatic carbocycles. The number of halogens is 2. The van der Waals surface area contributed by atoms with Crippen LogP contribution >= 0.6 is 24.0 Å². The van der Waals surface area contributed by atoms with Gasteiger partial charge in [-0.25, -0.2) is 15.0 Å². The minimum absolute atomic E-state index is 0. The fraction of sp³-hybridized carbons (Fsp3) is 0.318. The average Bonchev–Trinajstić information content (AvgIpc) is 3.26. The molecule has 0 spiro atoms. The van der Waals surface area contributed by atoms with E-state index in [9.17, 15) is 0 Å². The van der Waals surface area contributed by atoms with Gasteiger partial charge in [0.1, 0.15) is 0 Å². The molecule has 0 saturated carbocycles. The summed E-state index contributed by atoms with van der Waals surface area (Å²) in [5.74, 6) is 1.76. The second kappa shape index (κ2) is 10.7. The lowest BCUT2D eigenvalue weighted by Crippen LogP contribution is -2.31. The van der Waals surface area contributed by atoms with Gasteiger partial charge in [0.05, 0.1) is 16.8 Å². The second-order valence-corrected chi connectivity index (χ2v) is 8.29. The van der Waals surface area contributed by atoms with Crippen molar-refractivity contribution >= 4 is 46.9 Å². The highest BCUT2D eigenvalue weighted by atomic mass is 35.5. The highest BCUT2D eigenvalue weighted by Gasteiger charge is 2.15. The van der Waals surface area contributed by atoms with Crippen LogP contribution in [-0.4, -0.2) is 49.8 Å². The predicted molar refractivity (Wildman–Crippen MR) is 133 cm³/mol. The largest absolute Gasteiger partial charge is 0.354 e. The van der Waals surface area contributed by atoms with Gasteiger partial charge in [-0.2, -0.15) is 10.1 Å². The number of nitrogens with one attached hydrogen (secondary N) is 4. The Morgan fingerprint density at radius 3 is 2.73 bits per heavy atom. The number of anilines is 2. The van der Waals surface area contributed by atoms with Crippen LogP contribution in [0.15, 0.2) is 42.7 Å². The normalized spacial score (nSPS) is 14.1. The molecular formula is C22H25Cl2N9. The Labute approximate surface area is 202 Å². The number of aromatic nitrogens is 6. The zero-order chi connectivity index (χ0) is 21.8. The number of aromatic amines is 1. The maximum Gasteiger partial charge on any atom is 0.224 e. The first kappa shape index (κ1) is 23.2. The number of H-pyrrole nitrogens is 1. The van der Waals surface area contributed by atoms with E-state index in [2.05, 4.69) is 46.1 Å². The monoisotopic (exact) mass is 485 g/mol. The molecule has 1 aliphatic heterocycles. The van der Waals surface area contributed by atoms with Gasteiger partial charge in [-0.3, -0.25) is 5.10 Å². The molecule has 11 heteroatoms. The number of hydrogen-bond acceptors (Lipinski definition) is 8. The van der Waals surface area contributed by atoms with E-state index in [1.54, 1.807) is 12.4 Å². The van der Waals surface area contributed by atoms with Crippen LogP contribution in [0.3, 0.4) is 0 Å². The Bertz CT molecular complexity index is 1210. The summed E-state index contributed by atoms with van der Waals surface area (Å²) in [6.45, 7) is 3.59. The lowest BCUT2D eigenvalue weighted by molar-refractivity contribution is 0.389. The van der Waals surface area contributed by atoms with Crippen molar-refractivity contribution in [2.45, 2.75) is 19.4 Å². The Morgan fingerprint density at radius 1 is 1.03 bits per heavy atom. The summed E-state index contributed by atoms with van der Waals surface area (Å²) in [4.78, 5) is 18.0. The van der Waals surface area contributed by atoms with Crippen molar-refractivity contribution in [3.05, 3.63) is 53.3 Å². The van der Waals surface area contributed by atoms with E-state index in [0.717, 1.165) is 42.0 Å². The molecule has 9 nitrogen and oxygen atoms in total. The molecule has 1 aliphatic rings. The SMILES string of the molecule is Cl.Clc1cccc(CNc2nccc(-c3[nH]nc4nc(NCC5CCNCC5)ncc34)n2)c1. The van der Waals surface area contributed by atoms with Crippen molar-refractivity contribution < 1.29 is 0 Å². The van der Waals surface area contributed by atoms with Gasteiger partial charge in [0.25, 0.3) is 0 Å². The smallest absolute Gasteiger partial charge is 0.224 e. The van der Waals surface area contributed by atoms with E-state index >= 15 is 0 Å². The number of fused-ring (bicyclic) bond motifs is 1. The summed E-state index contributed by atoms with van der Waals surface area (Å²) in [6.07, 6.45) is 5.84. The van der Waals surface area contributed by atoms with Gasteiger partial charge in [-0.05, 0) is 55.6 Å². The first-order chi connectivity index (χ1) is 15.7. The van der Waals surface area contributed by atoms with Crippen molar-refractivity contribution in [2.75, 3.05) is 30.3 Å². The molecule has 1 aromatic carbocycles. The fourth-order valence-corrected chi connectivity index (χ4v) is 4.03. The molecule has 0 unspecified atom stereocenters. The summed E-state index contributed by atoms with van der Waals surface area (Å²) in [7, 11) is 0. The van der Waals surface area contributed by atoms with Gasteiger partial charge in [0, 0.05) is 30.5 Å². The summed E-state index contributed by atoms with van der Waals surface area (Å²) in [6, 6.07) is 9.51. The van der Waals surface area contributed by atoms with Crippen LogP contribution in [0.4, 0.5) is 11.9 Å². The molecular weight excluding hydrogens is 461 g/mol. The Kier molecular flexibility index (Phi) is 7.54. The zero-order valence-electron chi connectivity index (χ0n) is 17.9. The van der Waals surface area contributed by atoms with Crippen LogP contribution in [0.2, 0.25) is 5.02 Å². The van der Waals surface area contributed by atoms with Gasteiger partial charge < -0.3 is 16.0 Å². The van der Waals surface area contributed by atoms with E-state index in [4.69, 9.17) is 11.6 Å². The van der Waals surface area contributed by atoms with Gasteiger partial charge in [-0.15, -0.1) is 12.4 Å². The van der Waals surface area contributed by atoms with Crippen molar-refractivity contribution in [2.24, 2.45) is 5.92 Å². The molecule has 5 rings (SSSR count). The third-order valence-corrected chi connectivity index (χ3v) is 5.81. The van der Waals surface area contributed by atoms with Crippen molar-refractivity contribution in [1.29, 1.82) is 0 Å². The van der Waals surface area contributed by atoms with Crippen molar-refractivity contribution in [3.63, 3.8) is 0 Å². The van der Waals surface area contributed by atoms with Crippen molar-refractivity contribution in [3.8, 4) is 11.4 Å². The number of rotatable bonds is 7. The molecule has 0 radical (unpaired) electrons. The lowest BCUT2D eigenvalue weighted by Gasteiger charge is -2.22. The van der Waals surface area contributed by atoms with Crippen LogP contribution in [0.1, 0.15) is 18.4 Å². The summed E-state index contributed by atoms with van der Waals surface area (Å²) in [5.41, 5.74) is 3.14. The molecule has 4 aromatic rings. The van der Waals surface area contributed by atoms with Crippen LogP contribution < -0.4 is 16.0 Å². The molecule has 172 valence electrons. The standard InChI is InChI=1S/C22H24ClN9.ClH/c23-16-3-1-2-15(10-16)12-27-21-25-9-6-18(29-21)19-17-13-28-22(30-20(17)32-31-19)26-11-14-4-7-24-8-5-14;/h1-3,6,9-10,13-14,24H,4-5,7-8,11-12H2,(H,25,27,29)(H2,26,28,30,31,32);1H. The number of nitrogens with zero attached hydrogens (tertiary/aromatic N) is 5. The molecule has 0 atom stereocenters. The fourth-order valence-electron chi connectivity index (χ4n) is 3.82. The quantitative estimate of drug-likeness (QED) is 0.311. The Morgan fingerprint density at radius 2 is 1.88 bits per heavy atom. The average molecular weight is 486 g/mol. The van der Waals surface area contributed by atoms with Crippen molar-refractivity contribution in [1.82, 2.24) is 35.5 Å². The van der Waals surface area contributed by atoms with E-state index in [1.165, 1.54) is 12.8 Å². The maximum atomic E-state index is 6.06. The highest BCUT2D eigenvalue weighted by Crippen LogP contribution is 2.24. The van der Waals surface area contributed by atoms with Crippen LogP contribution in [0, 0.1) is 5.92 Å². The van der Waals surface area contributed by atoms with E-state index in [1.807, 2.05) is 30.3 Å². The maximum absolute atomic E-state index is 6.06. The third kappa shape index (κ3) is 5.68. The van der Waals surface area contributed by atoms with Gasteiger partial charge in [0.2, 0.25) is 11.9 Å². The molecule has 33 heavy (non-hydrogen) atoms. The molecule has 1 saturated heterocycles. The van der Waals surface area contributed by atoms with Gasteiger partial charge in [-0.1, -0.05) is 23.7 Å². The van der Waals surface area contributed by atoms with E-state index in [0.29, 0.717) is 35.0 Å². The van der Waals surface area contributed by atoms with Gasteiger partial charge >= 0.3 is 0 Å². The molecule has 0 bridgehead atoms. The number of piperidine rings is 1. The van der Waals surface area contributed by atoms with Crippen LogP contribution in [0.25, 0.3) is 22.4 Å². The Balaban J connectivity index is 0.00000259. The van der Waals surface area contributed by atoms with Crippen LogP contribution in [0.5, 0.6) is 0 Å². The Hall–Kier alpha value is -3.01. The summed E-state index contributed by atoms with van der Waals surface area (Å²) >= 11 is 6.06. The highest BCUT2D eigenvalue weighted by molar-refractivity contribution is 6.30. The molecule has 4 N–H and O–H groups in total. The first-order valence-corrected chi connectivity index (χ1v) is 11.1.